The molecule has 4 heterocycles. The largest absolute Gasteiger partial charge is 0.444 e. The zero-order valence-corrected chi connectivity index (χ0v) is 20.8. The lowest BCUT2D eigenvalue weighted by Gasteiger charge is -2.35. The van der Waals surface area contributed by atoms with Crippen molar-refractivity contribution in [2.75, 3.05) is 18.4 Å². The first-order valence-corrected chi connectivity index (χ1v) is 12.5. The number of rotatable bonds is 4. The number of carbonyl (C=O) groups is 2. The Morgan fingerprint density at radius 3 is 2.80 bits per heavy atom. The van der Waals surface area contributed by atoms with E-state index in [9.17, 15) is 9.59 Å². The fourth-order valence-corrected chi connectivity index (χ4v) is 5.21. The number of thiophene rings is 1. The van der Waals surface area contributed by atoms with Gasteiger partial charge in [-0.3, -0.25) is 15.2 Å². The summed E-state index contributed by atoms with van der Waals surface area (Å²) in [4.78, 5) is 33.9. The van der Waals surface area contributed by atoms with E-state index in [0.717, 1.165) is 34.3 Å². The first-order valence-electron chi connectivity index (χ1n) is 11.6. The predicted octanol–water partition coefficient (Wildman–Crippen LogP) is 5.31. The van der Waals surface area contributed by atoms with Gasteiger partial charge in [0.1, 0.15) is 5.60 Å². The molecular formula is C25H28N6O3S. The van der Waals surface area contributed by atoms with Crippen molar-refractivity contribution in [3.8, 4) is 10.4 Å². The van der Waals surface area contributed by atoms with Gasteiger partial charge in [0, 0.05) is 29.7 Å². The summed E-state index contributed by atoms with van der Waals surface area (Å²) in [7, 11) is 0. The number of imidazole rings is 1. The van der Waals surface area contributed by atoms with Gasteiger partial charge >= 0.3 is 6.09 Å². The van der Waals surface area contributed by atoms with Gasteiger partial charge in [-0.05, 0) is 57.9 Å². The number of amides is 2. The lowest BCUT2D eigenvalue weighted by atomic mass is 10.1. The van der Waals surface area contributed by atoms with Crippen LogP contribution in [0, 0.1) is 0 Å². The van der Waals surface area contributed by atoms with Crippen LogP contribution >= 0.6 is 11.3 Å². The highest BCUT2D eigenvalue weighted by atomic mass is 32.1. The van der Waals surface area contributed by atoms with Crippen LogP contribution in [0.1, 0.15) is 49.3 Å². The standard InChI is InChI=1S/C25H28N6O3S/c1-25(2,3)34-24(33)30-12-6-7-17(15-30)31-19-9-5-4-8-18(19)28-23(31)29-22(32)21-11-10-20(35-21)16-13-26-27-14-16/h4-5,8-11,13-14,17H,6-7,12,15H2,1-3H3,(H,26,27)(H,28,29,32). The number of hydrogen-bond donors (Lipinski definition) is 2. The Kier molecular flexibility index (Phi) is 6.06. The van der Waals surface area contributed by atoms with Gasteiger partial charge in [0.2, 0.25) is 5.95 Å². The number of nitrogens with zero attached hydrogens (tertiary/aromatic N) is 4. The van der Waals surface area contributed by atoms with E-state index in [1.54, 1.807) is 23.4 Å². The van der Waals surface area contributed by atoms with Gasteiger partial charge in [-0.25, -0.2) is 9.78 Å². The molecule has 182 valence electrons. The number of ether oxygens (including phenoxy) is 1. The number of fused-ring (bicyclic) bond motifs is 1. The Morgan fingerprint density at radius 2 is 2.03 bits per heavy atom. The lowest BCUT2D eigenvalue weighted by molar-refractivity contribution is 0.0174. The molecule has 35 heavy (non-hydrogen) atoms. The fourth-order valence-electron chi connectivity index (χ4n) is 4.32. The predicted molar refractivity (Wildman–Crippen MR) is 136 cm³/mol. The van der Waals surface area contributed by atoms with Crippen molar-refractivity contribution >= 4 is 40.3 Å². The first-order chi connectivity index (χ1) is 16.8. The number of carbonyl (C=O) groups excluding carboxylic acids is 2. The molecule has 2 N–H and O–H groups in total. The number of likely N-dealkylation sites (tertiary alicyclic amines) is 1. The maximum atomic E-state index is 13.2. The van der Waals surface area contributed by atoms with Gasteiger partial charge in [-0.1, -0.05) is 12.1 Å². The third-order valence-electron chi connectivity index (χ3n) is 5.85. The minimum absolute atomic E-state index is 0.0382. The molecule has 1 aliphatic heterocycles. The average Bonchev–Trinajstić information content (AvgIpc) is 3.57. The van der Waals surface area contributed by atoms with Crippen molar-refractivity contribution in [1.29, 1.82) is 0 Å². The van der Waals surface area contributed by atoms with Crippen molar-refractivity contribution in [3.05, 3.63) is 53.7 Å². The Labute approximate surface area is 207 Å². The van der Waals surface area contributed by atoms with Crippen LogP contribution in [0.25, 0.3) is 21.5 Å². The molecule has 9 nitrogen and oxygen atoms in total. The molecule has 5 rings (SSSR count). The minimum atomic E-state index is -0.555. The summed E-state index contributed by atoms with van der Waals surface area (Å²) in [6, 6.07) is 11.5. The number of benzene rings is 1. The number of nitrogens with one attached hydrogen (secondary N) is 2. The topological polar surface area (TPSA) is 105 Å². The van der Waals surface area contributed by atoms with Crippen LogP contribution in [0.15, 0.2) is 48.8 Å². The second-order valence-corrected chi connectivity index (χ2v) is 10.7. The molecule has 1 atom stereocenters. The molecule has 1 aliphatic rings. The van der Waals surface area contributed by atoms with Crippen molar-refractivity contribution in [3.63, 3.8) is 0 Å². The molecular weight excluding hydrogens is 464 g/mol. The van der Waals surface area contributed by atoms with E-state index < -0.39 is 5.60 Å². The van der Waals surface area contributed by atoms with Crippen LogP contribution in [-0.2, 0) is 4.74 Å². The first kappa shape index (κ1) is 23.1. The lowest BCUT2D eigenvalue weighted by Crippen LogP contribution is -2.43. The summed E-state index contributed by atoms with van der Waals surface area (Å²) in [6.07, 6.45) is 4.91. The molecule has 10 heteroatoms. The SMILES string of the molecule is CC(C)(C)OC(=O)N1CCCC(n2c(NC(=O)c3ccc(-c4cn[nH]c4)s3)nc3ccccc32)C1. The molecule has 1 aromatic carbocycles. The van der Waals surface area contributed by atoms with Gasteiger partial charge in [0.05, 0.1) is 28.1 Å². The summed E-state index contributed by atoms with van der Waals surface area (Å²) < 4.78 is 7.65. The van der Waals surface area contributed by atoms with Gasteiger partial charge in [0.15, 0.2) is 0 Å². The van der Waals surface area contributed by atoms with E-state index in [-0.39, 0.29) is 18.0 Å². The molecule has 1 fully saturated rings. The van der Waals surface area contributed by atoms with Gasteiger partial charge < -0.3 is 14.2 Å². The van der Waals surface area contributed by atoms with Crippen LogP contribution in [0.3, 0.4) is 0 Å². The maximum Gasteiger partial charge on any atom is 0.410 e. The van der Waals surface area contributed by atoms with Crippen LogP contribution < -0.4 is 5.32 Å². The normalized spacial score (nSPS) is 16.4. The minimum Gasteiger partial charge on any atom is -0.444 e. The molecule has 0 bridgehead atoms. The monoisotopic (exact) mass is 492 g/mol. The Bertz CT molecular complexity index is 1350. The van der Waals surface area contributed by atoms with E-state index in [0.29, 0.717) is 23.9 Å². The smallest absolute Gasteiger partial charge is 0.410 e. The number of piperidine rings is 1. The molecule has 4 aromatic rings. The number of H-pyrrole nitrogens is 1. The van der Waals surface area contributed by atoms with Crippen molar-refractivity contribution < 1.29 is 14.3 Å². The van der Waals surface area contributed by atoms with Crippen molar-refractivity contribution in [2.45, 2.75) is 45.3 Å². The number of aromatic nitrogens is 4. The Hall–Kier alpha value is -3.66. The van der Waals surface area contributed by atoms with E-state index in [4.69, 9.17) is 9.72 Å². The van der Waals surface area contributed by atoms with Gasteiger partial charge in [-0.2, -0.15) is 5.10 Å². The highest BCUT2D eigenvalue weighted by Gasteiger charge is 2.31. The van der Waals surface area contributed by atoms with E-state index in [1.807, 2.05) is 55.7 Å². The average molecular weight is 493 g/mol. The molecule has 0 saturated carbocycles. The van der Waals surface area contributed by atoms with Crippen LogP contribution in [0.5, 0.6) is 0 Å². The second kappa shape index (κ2) is 9.18. The van der Waals surface area contributed by atoms with E-state index >= 15 is 0 Å². The number of aromatic amines is 1. The number of anilines is 1. The maximum absolute atomic E-state index is 13.2. The highest BCUT2D eigenvalue weighted by molar-refractivity contribution is 7.17. The summed E-state index contributed by atoms with van der Waals surface area (Å²) in [5.74, 6) is 0.256. The second-order valence-electron chi connectivity index (χ2n) is 9.62. The number of hydrogen-bond acceptors (Lipinski definition) is 6. The summed E-state index contributed by atoms with van der Waals surface area (Å²) >= 11 is 1.40. The van der Waals surface area contributed by atoms with Crippen LogP contribution in [-0.4, -0.2) is 55.3 Å². The summed E-state index contributed by atoms with van der Waals surface area (Å²) in [5.41, 5.74) is 2.10. The summed E-state index contributed by atoms with van der Waals surface area (Å²) in [6.45, 7) is 6.73. The molecule has 1 unspecified atom stereocenters. The molecule has 0 radical (unpaired) electrons. The Balaban J connectivity index is 1.42. The third kappa shape index (κ3) is 4.93. The highest BCUT2D eigenvalue weighted by Crippen LogP contribution is 2.32. The molecule has 0 aliphatic carbocycles. The molecule has 0 spiro atoms. The van der Waals surface area contributed by atoms with Crippen LogP contribution in [0.2, 0.25) is 0 Å². The van der Waals surface area contributed by atoms with Crippen molar-refractivity contribution in [1.82, 2.24) is 24.6 Å². The van der Waals surface area contributed by atoms with Crippen molar-refractivity contribution in [2.24, 2.45) is 0 Å². The van der Waals surface area contributed by atoms with E-state index in [2.05, 4.69) is 15.5 Å². The van der Waals surface area contributed by atoms with Gasteiger partial charge in [-0.15, -0.1) is 11.3 Å². The molecule has 3 aromatic heterocycles. The molecule has 2 amide bonds. The Morgan fingerprint density at radius 1 is 1.20 bits per heavy atom. The van der Waals surface area contributed by atoms with Gasteiger partial charge in [0.25, 0.3) is 5.91 Å². The zero-order valence-electron chi connectivity index (χ0n) is 19.9. The van der Waals surface area contributed by atoms with Crippen LogP contribution in [0.4, 0.5) is 10.7 Å². The third-order valence-corrected chi connectivity index (χ3v) is 6.98. The van der Waals surface area contributed by atoms with E-state index in [1.165, 1.54) is 11.3 Å². The fraction of sp³-hybridized carbons (Fsp3) is 0.360. The summed E-state index contributed by atoms with van der Waals surface area (Å²) in [5, 5.41) is 9.79. The zero-order chi connectivity index (χ0) is 24.6. The quantitative estimate of drug-likeness (QED) is 0.402. The number of para-hydroxylation sites is 2. The molecule has 1 saturated heterocycles.